The first-order valence-corrected chi connectivity index (χ1v) is 7.18. The molecule has 1 aromatic rings. The normalized spacial score (nSPS) is 19.4. The molecule has 0 unspecified atom stereocenters. The second-order valence-electron chi connectivity index (χ2n) is 4.10. The van der Waals surface area contributed by atoms with Crippen molar-refractivity contribution in [2.45, 2.75) is 11.8 Å². The third-order valence-corrected chi connectivity index (χ3v) is 3.88. The highest BCUT2D eigenvalue weighted by Gasteiger charge is 2.16. The molecule has 104 valence electrons. The van der Waals surface area contributed by atoms with E-state index in [1.807, 2.05) is 0 Å². The zero-order valence-electron chi connectivity index (χ0n) is 10.6. The van der Waals surface area contributed by atoms with Crippen LogP contribution in [0, 0.1) is 5.82 Å². The Bertz CT molecular complexity index is 754. The average Bonchev–Trinajstić information content (AvgIpc) is 2.38. The number of halogens is 1. The van der Waals surface area contributed by atoms with Crippen LogP contribution in [0.1, 0.15) is 6.92 Å². The van der Waals surface area contributed by atoms with E-state index in [2.05, 4.69) is 4.40 Å². The topological polar surface area (TPSA) is 69.6 Å². The van der Waals surface area contributed by atoms with Gasteiger partial charge in [0, 0.05) is 0 Å². The third kappa shape index (κ3) is 3.03. The second-order valence-corrected chi connectivity index (χ2v) is 5.70. The first-order valence-electron chi connectivity index (χ1n) is 5.74. The molecule has 1 aliphatic carbocycles. The van der Waals surface area contributed by atoms with E-state index in [0.29, 0.717) is 0 Å². The van der Waals surface area contributed by atoms with Gasteiger partial charge in [-0.05, 0) is 29.8 Å². The van der Waals surface area contributed by atoms with E-state index < -0.39 is 15.8 Å². The Morgan fingerprint density at radius 2 is 1.95 bits per heavy atom. The van der Waals surface area contributed by atoms with Crippen molar-refractivity contribution in [1.29, 1.82) is 0 Å². The van der Waals surface area contributed by atoms with Crippen molar-refractivity contribution in [1.82, 2.24) is 0 Å². The fourth-order valence-corrected chi connectivity index (χ4v) is 2.70. The van der Waals surface area contributed by atoms with E-state index in [4.69, 9.17) is 0 Å². The maximum atomic E-state index is 13.1. The zero-order chi connectivity index (χ0) is 14.8. The highest BCUT2D eigenvalue weighted by Crippen LogP contribution is 2.18. The highest BCUT2D eigenvalue weighted by atomic mass is 32.2. The van der Waals surface area contributed by atoms with Gasteiger partial charge in [-0.2, -0.15) is 12.8 Å². The molecule has 1 aliphatic rings. The number of nitrogens with zero attached hydrogens (tertiary/aromatic N) is 1. The van der Waals surface area contributed by atoms with E-state index in [9.17, 15) is 17.9 Å². The Balaban J connectivity index is 2.51. The molecule has 0 saturated carbocycles. The van der Waals surface area contributed by atoms with Crippen LogP contribution in [-0.2, 0) is 10.0 Å². The molecule has 0 N–H and O–H groups in total. The number of sulfonamides is 1. The van der Waals surface area contributed by atoms with Gasteiger partial charge in [0.2, 0.25) is 0 Å². The van der Waals surface area contributed by atoms with Crippen LogP contribution in [0.15, 0.2) is 69.2 Å². The van der Waals surface area contributed by atoms with Crippen molar-refractivity contribution in [3.63, 3.8) is 0 Å². The van der Waals surface area contributed by atoms with Crippen LogP contribution >= 0.6 is 0 Å². The molecule has 0 saturated heterocycles. The first-order chi connectivity index (χ1) is 9.40. The summed E-state index contributed by atoms with van der Waals surface area (Å²) >= 11 is 0. The van der Waals surface area contributed by atoms with Crippen molar-refractivity contribution in [2.75, 3.05) is 0 Å². The molecule has 4 nitrogen and oxygen atoms in total. The standard InChI is InChI=1S/C14H12FNO3S/c1-10(17)13-7-2-3-8-14(13)16-20(18,19)12-6-4-5-11(15)9-12/h2-9,17H,1H3/p-1. The van der Waals surface area contributed by atoms with E-state index in [1.165, 1.54) is 31.2 Å². The minimum atomic E-state index is -4.06. The quantitative estimate of drug-likeness (QED) is 0.779. The summed E-state index contributed by atoms with van der Waals surface area (Å²) in [5.41, 5.74) is 0.247. The van der Waals surface area contributed by atoms with Crippen LogP contribution in [0.2, 0.25) is 0 Å². The summed E-state index contributed by atoms with van der Waals surface area (Å²) in [4.78, 5) is -0.254. The third-order valence-electron chi connectivity index (χ3n) is 2.60. The SMILES string of the molecule is CC([O-])=C1C=CC=CC1=NS(=O)(=O)c1cccc(F)c1. The summed E-state index contributed by atoms with van der Waals surface area (Å²) in [6, 6.07) is 4.56. The van der Waals surface area contributed by atoms with Crippen LogP contribution in [-0.4, -0.2) is 14.1 Å². The molecule has 6 heteroatoms. The van der Waals surface area contributed by atoms with Gasteiger partial charge in [0.25, 0.3) is 10.0 Å². The largest absolute Gasteiger partial charge is 0.875 e. The van der Waals surface area contributed by atoms with Crippen LogP contribution in [0.5, 0.6) is 0 Å². The van der Waals surface area contributed by atoms with Crippen molar-refractivity contribution >= 4 is 15.7 Å². The molecule has 0 aliphatic heterocycles. The van der Waals surface area contributed by atoms with Gasteiger partial charge in [-0.3, -0.25) is 0 Å². The minimum Gasteiger partial charge on any atom is -0.875 e. The maximum Gasteiger partial charge on any atom is 0.282 e. The Morgan fingerprint density at radius 1 is 1.25 bits per heavy atom. The molecule has 2 rings (SSSR count). The summed E-state index contributed by atoms with van der Waals surface area (Å²) in [5.74, 6) is -0.958. The summed E-state index contributed by atoms with van der Waals surface area (Å²) in [6.07, 6.45) is 6.10. The smallest absolute Gasteiger partial charge is 0.282 e. The first kappa shape index (κ1) is 14.2. The molecule has 1 aromatic carbocycles. The predicted octanol–water partition coefficient (Wildman–Crippen LogP) is 1.72. The molecule has 0 bridgehead atoms. The molecule has 0 amide bonds. The molecular weight excluding hydrogens is 281 g/mol. The Hall–Kier alpha value is -2.21. The van der Waals surface area contributed by atoms with Gasteiger partial charge in [-0.1, -0.05) is 31.2 Å². The van der Waals surface area contributed by atoms with Gasteiger partial charge in [-0.15, -0.1) is 5.76 Å². The van der Waals surface area contributed by atoms with Crippen LogP contribution in [0.3, 0.4) is 0 Å². The van der Waals surface area contributed by atoms with Crippen LogP contribution in [0.25, 0.3) is 0 Å². The number of benzene rings is 1. The lowest BCUT2D eigenvalue weighted by Gasteiger charge is -2.14. The Morgan fingerprint density at radius 3 is 2.60 bits per heavy atom. The van der Waals surface area contributed by atoms with E-state index in [0.717, 1.165) is 12.1 Å². The van der Waals surface area contributed by atoms with Gasteiger partial charge in [0.05, 0.1) is 10.6 Å². The Kier molecular flexibility index (Phi) is 3.85. The monoisotopic (exact) mass is 292 g/mol. The lowest BCUT2D eigenvalue weighted by Crippen LogP contribution is -2.12. The zero-order valence-corrected chi connectivity index (χ0v) is 11.4. The van der Waals surface area contributed by atoms with Gasteiger partial charge in [0.15, 0.2) is 0 Å². The molecule has 0 fully saturated rings. The minimum absolute atomic E-state index is 0.0456. The fourth-order valence-electron chi connectivity index (χ4n) is 1.66. The van der Waals surface area contributed by atoms with Crippen molar-refractivity contribution in [3.8, 4) is 0 Å². The fraction of sp³-hybridized carbons (Fsp3) is 0.0714. The molecule has 0 atom stereocenters. The van der Waals surface area contributed by atoms with Crippen LogP contribution in [0.4, 0.5) is 4.39 Å². The lowest BCUT2D eigenvalue weighted by atomic mass is 10.1. The van der Waals surface area contributed by atoms with Gasteiger partial charge in [0.1, 0.15) is 5.82 Å². The number of allylic oxidation sites excluding steroid dienone is 6. The lowest BCUT2D eigenvalue weighted by molar-refractivity contribution is -0.302. The van der Waals surface area contributed by atoms with Crippen molar-refractivity contribution in [2.24, 2.45) is 4.40 Å². The second kappa shape index (κ2) is 5.42. The van der Waals surface area contributed by atoms with E-state index in [-0.39, 0.29) is 21.9 Å². The highest BCUT2D eigenvalue weighted by molar-refractivity contribution is 7.90. The molecule has 0 aromatic heterocycles. The number of hydrogen-bond acceptors (Lipinski definition) is 3. The van der Waals surface area contributed by atoms with Crippen molar-refractivity contribution < 1.29 is 17.9 Å². The summed E-state index contributed by atoms with van der Waals surface area (Å²) in [5, 5.41) is 11.4. The summed E-state index contributed by atoms with van der Waals surface area (Å²) in [6.45, 7) is 1.32. The summed E-state index contributed by atoms with van der Waals surface area (Å²) in [7, 11) is -4.06. The van der Waals surface area contributed by atoms with Crippen molar-refractivity contribution in [3.05, 3.63) is 65.7 Å². The Labute approximate surface area is 116 Å². The molecule has 0 radical (unpaired) electrons. The van der Waals surface area contributed by atoms with Gasteiger partial charge >= 0.3 is 0 Å². The maximum absolute atomic E-state index is 13.1. The predicted molar refractivity (Wildman–Crippen MR) is 72.0 cm³/mol. The van der Waals surface area contributed by atoms with E-state index in [1.54, 1.807) is 12.2 Å². The molecule has 20 heavy (non-hydrogen) atoms. The number of hydrogen-bond donors (Lipinski definition) is 0. The molecular formula is C14H11FNO3S-. The van der Waals surface area contributed by atoms with Crippen LogP contribution < -0.4 is 5.11 Å². The number of rotatable bonds is 2. The van der Waals surface area contributed by atoms with Gasteiger partial charge < -0.3 is 5.11 Å². The molecule has 0 spiro atoms. The average molecular weight is 292 g/mol. The van der Waals surface area contributed by atoms with E-state index >= 15 is 0 Å². The van der Waals surface area contributed by atoms with Gasteiger partial charge in [-0.25, -0.2) is 4.39 Å². The molecule has 0 heterocycles. The summed E-state index contributed by atoms with van der Waals surface area (Å²) < 4.78 is 40.9.